The molecule has 0 spiro atoms. The van der Waals surface area contributed by atoms with Gasteiger partial charge in [-0.25, -0.2) is 0 Å². The molecule has 32 heavy (non-hydrogen) atoms. The third-order valence-corrected chi connectivity index (χ3v) is 5.39. The molecule has 3 aromatic carbocycles. The molecule has 0 saturated heterocycles. The summed E-state index contributed by atoms with van der Waals surface area (Å²) in [7, 11) is 0. The molecule has 0 aliphatic carbocycles. The maximum Gasteiger partial charge on any atom is 0.302 e. The summed E-state index contributed by atoms with van der Waals surface area (Å²) < 4.78 is 7.24. The third kappa shape index (κ3) is 4.65. The Balaban J connectivity index is 1.57. The van der Waals surface area contributed by atoms with E-state index in [4.69, 9.17) is 16.3 Å². The number of amides is 1. The summed E-state index contributed by atoms with van der Waals surface area (Å²) in [6, 6.07) is 20.6. The number of para-hydroxylation sites is 1. The number of ether oxygens (including phenoxy) is 1. The Morgan fingerprint density at radius 1 is 1.03 bits per heavy atom. The molecule has 0 aliphatic heterocycles. The summed E-state index contributed by atoms with van der Waals surface area (Å²) in [5, 5.41) is 20.0. The van der Waals surface area contributed by atoms with Crippen molar-refractivity contribution in [1.29, 1.82) is 0 Å². The number of carbonyl (C=O) groups excluding carboxylic acids is 1. The minimum atomic E-state index is -0.550. The van der Waals surface area contributed by atoms with E-state index in [1.165, 1.54) is 0 Å². The molecule has 0 radical (unpaired) electrons. The summed E-state index contributed by atoms with van der Waals surface area (Å²) in [5.41, 5.74) is 3.94. The Bertz CT molecular complexity index is 1310. The third-order valence-electron chi connectivity index (χ3n) is 5.02. The summed E-state index contributed by atoms with van der Waals surface area (Å²) in [6.07, 6.45) is 0. The topological polar surface area (TPSA) is 76.2 Å². The molecule has 0 saturated carbocycles. The minimum absolute atomic E-state index is 0.0853. The SMILES string of the molecule is Cc1cc(C)cc(OCC(=O)N=Nc2c(O)n(Cc3ccccc3Cl)c3ccccc23)c1. The van der Waals surface area contributed by atoms with Gasteiger partial charge in [-0.2, -0.15) is 0 Å². The largest absolute Gasteiger partial charge is 0.493 e. The molecule has 0 fully saturated rings. The van der Waals surface area contributed by atoms with Crippen LogP contribution < -0.4 is 4.74 Å². The molecule has 0 unspecified atom stereocenters. The van der Waals surface area contributed by atoms with E-state index in [0.717, 1.165) is 22.2 Å². The highest BCUT2D eigenvalue weighted by Gasteiger charge is 2.17. The van der Waals surface area contributed by atoms with Crippen molar-refractivity contribution in [2.45, 2.75) is 20.4 Å². The van der Waals surface area contributed by atoms with Crippen molar-refractivity contribution in [3.05, 3.63) is 88.4 Å². The van der Waals surface area contributed by atoms with E-state index in [1.807, 2.05) is 74.5 Å². The first-order valence-electron chi connectivity index (χ1n) is 10.1. The Morgan fingerprint density at radius 2 is 1.72 bits per heavy atom. The van der Waals surface area contributed by atoms with Crippen LogP contribution in [0.15, 0.2) is 77.0 Å². The molecule has 1 amide bonds. The van der Waals surface area contributed by atoms with Crippen LogP contribution >= 0.6 is 11.6 Å². The number of azo groups is 1. The van der Waals surface area contributed by atoms with Crippen molar-refractivity contribution in [2.24, 2.45) is 10.2 Å². The Morgan fingerprint density at radius 3 is 2.47 bits per heavy atom. The second-order valence-corrected chi connectivity index (χ2v) is 7.98. The van der Waals surface area contributed by atoms with Gasteiger partial charge >= 0.3 is 5.91 Å². The van der Waals surface area contributed by atoms with Crippen molar-refractivity contribution in [1.82, 2.24) is 4.57 Å². The highest BCUT2D eigenvalue weighted by Crippen LogP contribution is 2.39. The number of benzene rings is 3. The second kappa shape index (κ2) is 9.24. The Labute approximate surface area is 190 Å². The predicted molar refractivity (Wildman–Crippen MR) is 125 cm³/mol. The van der Waals surface area contributed by atoms with E-state index < -0.39 is 5.91 Å². The average molecular weight is 448 g/mol. The molecule has 6 nitrogen and oxygen atoms in total. The van der Waals surface area contributed by atoms with Crippen LogP contribution in [0.5, 0.6) is 11.6 Å². The van der Waals surface area contributed by atoms with Crippen LogP contribution in [0.1, 0.15) is 16.7 Å². The van der Waals surface area contributed by atoms with Crippen LogP contribution in [0.3, 0.4) is 0 Å². The first-order chi connectivity index (χ1) is 15.4. The summed E-state index contributed by atoms with van der Waals surface area (Å²) >= 11 is 6.30. The molecule has 0 aliphatic rings. The minimum Gasteiger partial charge on any atom is -0.493 e. The Hall–Kier alpha value is -3.64. The van der Waals surface area contributed by atoms with Crippen molar-refractivity contribution in [3.8, 4) is 11.6 Å². The van der Waals surface area contributed by atoms with Crippen LogP contribution in [-0.4, -0.2) is 22.2 Å². The molecule has 162 valence electrons. The van der Waals surface area contributed by atoms with Gasteiger partial charge in [0.1, 0.15) is 5.75 Å². The molecule has 0 bridgehead atoms. The number of halogens is 1. The summed E-state index contributed by atoms with van der Waals surface area (Å²) in [5.74, 6) is -0.0327. The number of aromatic hydroxyl groups is 1. The quantitative estimate of drug-likeness (QED) is 0.349. The lowest BCUT2D eigenvalue weighted by Gasteiger charge is -2.08. The normalized spacial score (nSPS) is 11.3. The summed E-state index contributed by atoms with van der Waals surface area (Å²) in [6.45, 7) is 4.03. The maximum absolute atomic E-state index is 12.3. The molecule has 1 heterocycles. The first kappa shape index (κ1) is 21.6. The van der Waals surface area contributed by atoms with Gasteiger partial charge in [0.05, 0.1) is 12.1 Å². The van der Waals surface area contributed by atoms with Crippen LogP contribution in [0.4, 0.5) is 5.69 Å². The van der Waals surface area contributed by atoms with Gasteiger partial charge in [-0.05, 0) is 54.8 Å². The highest BCUT2D eigenvalue weighted by atomic mass is 35.5. The molecule has 4 aromatic rings. The van der Waals surface area contributed by atoms with E-state index >= 15 is 0 Å². The van der Waals surface area contributed by atoms with Gasteiger partial charge in [-0.1, -0.05) is 54.1 Å². The van der Waals surface area contributed by atoms with Gasteiger partial charge < -0.3 is 14.4 Å². The lowest BCUT2D eigenvalue weighted by atomic mass is 10.1. The lowest BCUT2D eigenvalue weighted by Crippen LogP contribution is -2.08. The number of carbonyl (C=O) groups is 1. The van der Waals surface area contributed by atoms with Gasteiger partial charge in [-0.3, -0.25) is 4.79 Å². The van der Waals surface area contributed by atoms with E-state index in [2.05, 4.69) is 10.2 Å². The van der Waals surface area contributed by atoms with Gasteiger partial charge in [0, 0.05) is 10.4 Å². The number of hydrogen-bond acceptors (Lipinski definition) is 4. The van der Waals surface area contributed by atoms with Gasteiger partial charge in [0.2, 0.25) is 5.88 Å². The first-order valence-corrected chi connectivity index (χ1v) is 10.5. The number of rotatable bonds is 6. The van der Waals surface area contributed by atoms with Gasteiger partial charge in [0.25, 0.3) is 0 Å². The molecule has 1 N–H and O–H groups in total. The molecule has 7 heteroatoms. The van der Waals surface area contributed by atoms with E-state index in [-0.39, 0.29) is 18.2 Å². The Kier molecular flexibility index (Phi) is 6.23. The highest BCUT2D eigenvalue weighted by molar-refractivity contribution is 6.31. The molecule has 1 aromatic heterocycles. The zero-order valence-electron chi connectivity index (χ0n) is 17.7. The van der Waals surface area contributed by atoms with E-state index in [9.17, 15) is 9.90 Å². The van der Waals surface area contributed by atoms with Crippen molar-refractivity contribution in [3.63, 3.8) is 0 Å². The number of hydrogen-bond donors (Lipinski definition) is 1. The van der Waals surface area contributed by atoms with Gasteiger partial charge in [-0.15, -0.1) is 10.2 Å². The number of nitrogens with zero attached hydrogens (tertiary/aromatic N) is 3. The number of aryl methyl sites for hydroxylation is 2. The average Bonchev–Trinajstić information content (AvgIpc) is 3.03. The van der Waals surface area contributed by atoms with Crippen LogP contribution in [0, 0.1) is 13.8 Å². The molecular formula is C25H22ClN3O3. The monoisotopic (exact) mass is 447 g/mol. The standard InChI is InChI=1S/C25H22ClN3O3/c1-16-11-17(2)13-19(12-16)32-15-23(30)27-28-24-20-8-4-6-10-22(20)29(25(24)31)14-18-7-3-5-9-21(18)26/h3-13,31H,14-15H2,1-2H3. The van der Waals surface area contributed by atoms with Crippen molar-refractivity contribution in [2.75, 3.05) is 6.61 Å². The fourth-order valence-corrected chi connectivity index (χ4v) is 3.82. The number of fused-ring (bicyclic) bond motifs is 1. The van der Waals surface area contributed by atoms with Crippen molar-refractivity contribution < 1.29 is 14.6 Å². The molecular weight excluding hydrogens is 426 g/mol. The fraction of sp³-hybridized carbons (Fsp3) is 0.160. The summed E-state index contributed by atoms with van der Waals surface area (Å²) in [4.78, 5) is 12.3. The lowest BCUT2D eigenvalue weighted by molar-refractivity contribution is -0.120. The molecule has 0 atom stereocenters. The second-order valence-electron chi connectivity index (χ2n) is 7.57. The maximum atomic E-state index is 12.3. The van der Waals surface area contributed by atoms with Crippen molar-refractivity contribution >= 4 is 34.1 Å². The van der Waals surface area contributed by atoms with E-state index in [1.54, 1.807) is 10.6 Å². The van der Waals surface area contributed by atoms with E-state index in [0.29, 0.717) is 22.7 Å². The fourth-order valence-electron chi connectivity index (χ4n) is 3.62. The van der Waals surface area contributed by atoms with Gasteiger partial charge in [0.15, 0.2) is 12.3 Å². The zero-order valence-corrected chi connectivity index (χ0v) is 18.5. The van der Waals surface area contributed by atoms with Crippen LogP contribution in [-0.2, 0) is 11.3 Å². The zero-order chi connectivity index (χ0) is 22.7. The molecule has 4 rings (SSSR count). The smallest absolute Gasteiger partial charge is 0.302 e. The van der Waals surface area contributed by atoms with Crippen LogP contribution in [0.25, 0.3) is 10.9 Å². The predicted octanol–water partition coefficient (Wildman–Crippen LogP) is 6.35. The number of aromatic nitrogens is 1. The van der Waals surface area contributed by atoms with Crippen LogP contribution in [0.2, 0.25) is 5.02 Å².